The summed E-state index contributed by atoms with van der Waals surface area (Å²) >= 11 is 0. The SMILES string of the molecule is CCCCc1ccc2c(c1)c1ccccc1n2-c1ccc2c(c1)C(C)(C)c1cc(N(c3cc[c-]cc3)c3ccccc3)c3ccccc3c1-2.[Pr]. The molecule has 0 bridgehead atoms. The van der Waals surface area contributed by atoms with E-state index >= 15 is 0 Å². The van der Waals surface area contributed by atoms with Gasteiger partial charge in [-0.3, -0.25) is 0 Å². The molecule has 0 spiro atoms. The minimum atomic E-state index is -0.210. The van der Waals surface area contributed by atoms with E-state index in [4.69, 9.17) is 0 Å². The first-order chi connectivity index (χ1) is 24.0. The van der Waals surface area contributed by atoms with Crippen molar-refractivity contribution >= 4 is 49.6 Å². The smallest absolute Gasteiger partial charge is 0.0541 e. The van der Waals surface area contributed by atoms with Crippen LogP contribution in [0.4, 0.5) is 17.1 Å². The molecule has 1 aromatic heterocycles. The molecule has 7 aromatic carbocycles. The Balaban J connectivity index is 0.00000361. The predicted molar refractivity (Wildman–Crippen MR) is 208 cm³/mol. The van der Waals surface area contributed by atoms with Crippen molar-refractivity contribution in [1.82, 2.24) is 4.57 Å². The second-order valence-electron chi connectivity index (χ2n) is 14.0. The van der Waals surface area contributed by atoms with Crippen molar-refractivity contribution in [3.63, 3.8) is 0 Å². The summed E-state index contributed by atoms with van der Waals surface area (Å²) in [6.07, 6.45) is 3.55. The number of nitrogens with zero attached hydrogens (tertiary/aromatic N) is 2. The van der Waals surface area contributed by atoms with E-state index in [2.05, 4.69) is 170 Å². The maximum absolute atomic E-state index is 3.22. The molecule has 1 heterocycles. The van der Waals surface area contributed by atoms with Crippen LogP contribution in [0, 0.1) is 47.4 Å². The van der Waals surface area contributed by atoms with E-state index < -0.39 is 0 Å². The minimum absolute atomic E-state index is 0. The number of hydrogen-bond acceptors (Lipinski definition) is 1. The van der Waals surface area contributed by atoms with Crippen molar-refractivity contribution < 1.29 is 41.3 Å². The van der Waals surface area contributed by atoms with E-state index in [1.54, 1.807) is 0 Å². The fraction of sp³-hybridized carbons (Fsp3) is 0.149. The van der Waals surface area contributed by atoms with E-state index in [0.29, 0.717) is 0 Å². The molecule has 1 aliphatic rings. The molecule has 0 saturated carbocycles. The third-order valence-corrected chi connectivity index (χ3v) is 10.7. The molecule has 0 saturated heterocycles. The number of rotatable bonds is 7. The van der Waals surface area contributed by atoms with Crippen molar-refractivity contribution in [2.45, 2.75) is 45.4 Å². The van der Waals surface area contributed by atoms with Crippen LogP contribution in [0.25, 0.3) is 49.4 Å². The Kier molecular flexibility index (Phi) is 8.66. The van der Waals surface area contributed by atoms with Crippen LogP contribution in [-0.4, -0.2) is 4.57 Å². The molecule has 2 nitrogen and oxygen atoms in total. The average molecular weight is 773 g/mol. The first-order valence-corrected chi connectivity index (χ1v) is 17.6. The summed E-state index contributed by atoms with van der Waals surface area (Å²) in [5.41, 5.74) is 13.8. The van der Waals surface area contributed by atoms with Gasteiger partial charge in [-0.25, -0.2) is 0 Å². The average Bonchev–Trinajstić information content (AvgIpc) is 3.59. The van der Waals surface area contributed by atoms with Gasteiger partial charge in [0.25, 0.3) is 0 Å². The molecule has 0 unspecified atom stereocenters. The third kappa shape index (κ3) is 5.22. The summed E-state index contributed by atoms with van der Waals surface area (Å²) in [6, 6.07) is 56.8. The number of aryl methyl sites for hydroxylation is 1. The molecule has 1 radical (unpaired) electrons. The summed E-state index contributed by atoms with van der Waals surface area (Å²) in [6.45, 7) is 7.06. The van der Waals surface area contributed by atoms with Gasteiger partial charge in [0.05, 0.1) is 16.7 Å². The zero-order valence-electron chi connectivity index (χ0n) is 28.9. The number of fused-ring (bicyclic) bond motifs is 8. The fourth-order valence-corrected chi connectivity index (χ4v) is 8.24. The van der Waals surface area contributed by atoms with E-state index in [1.165, 1.54) is 84.6 Å². The quantitative estimate of drug-likeness (QED) is 0.147. The van der Waals surface area contributed by atoms with Gasteiger partial charge in [-0.05, 0) is 94.6 Å². The second kappa shape index (κ2) is 13.1. The normalized spacial score (nSPS) is 12.9. The number of benzene rings is 7. The Bertz CT molecular complexity index is 2470. The Morgan fingerprint density at radius 2 is 1.30 bits per heavy atom. The van der Waals surface area contributed by atoms with Crippen LogP contribution in [0.1, 0.15) is 50.3 Å². The van der Waals surface area contributed by atoms with Gasteiger partial charge < -0.3 is 9.47 Å². The van der Waals surface area contributed by atoms with Gasteiger partial charge in [-0.15, -0.1) is 12.1 Å². The van der Waals surface area contributed by atoms with Gasteiger partial charge in [0, 0.05) is 74.2 Å². The van der Waals surface area contributed by atoms with Crippen LogP contribution >= 0.6 is 0 Å². The molecular weight excluding hydrogens is 733 g/mol. The van der Waals surface area contributed by atoms with Gasteiger partial charge in [0.2, 0.25) is 0 Å². The van der Waals surface area contributed by atoms with Crippen LogP contribution in [0.3, 0.4) is 0 Å². The third-order valence-electron chi connectivity index (χ3n) is 10.7. The van der Waals surface area contributed by atoms with Gasteiger partial charge in [0.1, 0.15) is 0 Å². The molecular formula is C47H39N2Pr-. The minimum Gasteiger partial charge on any atom is -0.333 e. The number of para-hydroxylation sites is 2. The molecule has 8 aromatic rings. The number of anilines is 3. The molecule has 3 heteroatoms. The monoisotopic (exact) mass is 772 g/mol. The summed E-state index contributed by atoms with van der Waals surface area (Å²) in [5.74, 6) is 0. The summed E-state index contributed by atoms with van der Waals surface area (Å²) < 4.78 is 2.47. The second-order valence-corrected chi connectivity index (χ2v) is 14.0. The topological polar surface area (TPSA) is 8.17 Å². The maximum Gasteiger partial charge on any atom is 0.0541 e. The zero-order valence-corrected chi connectivity index (χ0v) is 32.7. The standard InChI is InChI=1S/C47H39N2.Pr/c1-4-5-16-32-25-28-44-40(29-32)37-22-14-15-24-43(37)49(44)35-26-27-39-41(30-35)47(2,3)42-31-45(36-21-12-13-23-38(36)46(39)42)48(33-17-8-6-9-18-33)34-19-10-7-11-20-34;/h6,8-15,17-31H,4-5,16H2,1-3H3;/q-1;. The van der Waals surface area contributed by atoms with Crippen LogP contribution < -0.4 is 4.90 Å². The Morgan fingerprint density at radius 1 is 0.620 bits per heavy atom. The molecule has 9 rings (SSSR count). The molecule has 0 fully saturated rings. The number of hydrogen-bond donors (Lipinski definition) is 0. The van der Waals surface area contributed by atoms with Crippen LogP contribution in [0.2, 0.25) is 0 Å². The Hall–Kier alpha value is -4.24. The summed E-state index contributed by atoms with van der Waals surface area (Å²) in [5, 5.41) is 5.18. The molecule has 0 aliphatic heterocycles. The molecule has 50 heavy (non-hydrogen) atoms. The molecule has 241 valence electrons. The molecule has 1 aliphatic carbocycles. The first kappa shape index (κ1) is 32.9. The maximum atomic E-state index is 3.22. The van der Waals surface area contributed by atoms with Crippen LogP contribution in [0.5, 0.6) is 0 Å². The fourth-order valence-electron chi connectivity index (χ4n) is 8.24. The van der Waals surface area contributed by atoms with Crippen molar-refractivity contribution in [2.24, 2.45) is 0 Å². The predicted octanol–water partition coefficient (Wildman–Crippen LogP) is 12.9. The van der Waals surface area contributed by atoms with Gasteiger partial charge in [-0.2, -0.15) is 18.2 Å². The molecule has 0 atom stereocenters. The van der Waals surface area contributed by atoms with E-state index in [1.807, 2.05) is 12.1 Å². The largest absolute Gasteiger partial charge is 0.333 e. The van der Waals surface area contributed by atoms with Crippen molar-refractivity contribution in [1.29, 1.82) is 0 Å². The van der Waals surface area contributed by atoms with E-state index in [-0.39, 0.29) is 46.7 Å². The van der Waals surface area contributed by atoms with Gasteiger partial charge in [0.15, 0.2) is 0 Å². The Morgan fingerprint density at radius 3 is 2.08 bits per heavy atom. The van der Waals surface area contributed by atoms with Crippen LogP contribution in [0.15, 0.2) is 146 Å². The van der Waals surface area contributed by atoms with Crippen LogP contribution in [-0.2, 0) is 11.8 Å². The first-order valence-electron chi connectivity index (χ1n) is 17.6. The number of unbranched alkanes of at least 4 members (excludes halogenated alkanes) is 1. The molecule has 0 N–H and O–H groups in total. The Labute approximate surface area is 328 Å². The van der Waals surface area contributed by atoms with E-state index in [0.717, 1.165) is 17.8 Å². The van der Waals surface area contributed by atoms with E-state index in [9.17, 15) is 0 Å². The van der Waals surface area contributed by atoms with Crippen molar-refractivity contribution in [3.05, 3.63) is 168 Å². The number of aromatic nitrogens is 1. The zero-order chi connectivity index (χ0) is 33.1. The van der Waals surface area contributed by atoms with Crippen molar-refractivity contribution in [3.8, 4) is 16.8 Å². The molecule has 0 amide bonds. The summed E-state index contributed by atoms with van der Waals surface area (Å²) in [4.78, 5) is 2.40. The van der Waals surface area contributed by atoms with Crippen molar-refractivity contribution in [2.75, 3.05) is 4.90 Å². The van der Waals surface area contributed by atoms with Gasteiger partial charge in [-0.1, -0.05) is 106 Å². The van der Waals surface area contributed by atoms with Gasteiger partial charge >= 0.3 is 0 Å². The summed E-state index contributed by atoms with van der Waals surface area (Å²) in [7, 11) is 0.